The average molecular weight is 284 g/mol. The van der Waals surface area contributed by atoms with Gasteiger partial charge in [0.05, 0.1) is 17.7 Å². The molecule has 2 fully saturated rings. The van der Waals surface area contributed by atoms with E-state index in [1.807, 2.05) is 24.3 Å². The van der Waals surface area contributed by atoms with Crippen molar-refractivity contribution in [3.8, 4) is 0 Å². The Hall–Kier alpha value is -2.14. The van der Waals surface area contributed by atoms with Gasteiger partial charge in [0.2, 0.25) is 0 Å². The highest BCUT2D eigenvalue weighted by atomic mass is 16.5. The van der Waals surface area contributed by atoms with E-state index < -0.39 is 5.97 Å². The summed E-state index contributed by atoms with van der Waals surface area (Å²) >= 11 is 0. The molecule has 2 bridgehead atoms. The minimum atomic E-state index is -0.988. The summed E-state index contributed by atoms with van der Waals surface area (Å²) in [5.41, 5.74) is 1.78. The lowest BCUT2D eigenvalue weighted by Crippen LogP contribution is -2.42. The van der Waals surface area contributed by atoms with Crippen LogP contribution in [0.1, 0.15) is 23.3 Å². The molecule has 0 saturated carbocycles. The number of anilines is 1. The molecule has 2 unspecified atom stereocenters. The molecule has 21 heavy (non-hydrogen) atoms. The number of nitrogens with zero attached hydrogens (tertiary/aromatic N) is 2. The number of pyridine rings is 1. The second kappa shape index (κ2) is 4.70. The summed E-state index contributed by atoms with van der Waals surface area (Å²) in [6.07, 6.45) is 2.72. The molecule has 2 aliphatic rings. The van der Waals surface area contributed by atoms with E-state index >= 15 is 0 Å². The molecule has 0 aliphatic carbocycles. The van der Waals surface area contributed by atoms with Gasteiger partial charge >= 0.3 is 5.97 Å². The van der Waals surface area contributed by atoms with E-state index in [1.165, 1.54) is 0 Å². The van der Waals surface area contributed by atoms with Crippen molar-refractivity contribution in [2.24, 2.45) is 0 Å². The van der Waals surface area contributed by atoms with Crippen molar-refractivity contribution in [1.29, 1.82) is 0 Å². The number of hydrogen-bond acceptors (Lipinski definition) is 4. The van der Waals surface area contributed by atoms with E-state index in [4.69, 9.17) is 4.74 Å². The molecule has 0 amide bonds. The number of carboxylic acids is 1. The van der Waals surface area contributed by atoms with Gasteiger partial charge in [-0.25, -0.2) is 9.78 Å². The van der Waals surface area contributed by atoms with Gasteiger partial charge in [0.1, 0.15) is 0 Å². The Bertz CT molecular complexity index is 704. The second-order valence-corrected chi connectivity index (χ2v) is 5.71. The van der Waals surface area contributed by atoms with Gasteiger partial charge in [-0.15, -0.1) is 0 Å². The first kappa shape index (κ1) is 12.6. The van der Waals surface area contributed by atoms with Gasteiger partial charge in [-0.1, -0.05) is 18.2 Å². The number of rotatable bonds is 2. The monoisotopic (exact) mass is 284 g/mol. The predicted octanol–water partition coefficient (Wildman–Crippen LogP) is 2.30. The Balaban J connectivity index is 1.84. The zero-order chi connectivity index (χ0) is 14.4. The summed E-state index contributed by atoms with van der Waals surface area (Å²) in [6.45, 7) is 1.65. The van der Waals surface area contributed by atoms with Gasteiger partial charge in [0, 0.05) is 24.2 Å². The Morgan fingerprint density at radius 1 is 1.24 bits per heavy atom. The van der Waals surface area contributed by atoms with Gasteiger partial charge in [-0.3, -0.25) is 0 Å². The first-order valence-corrected chi connectivity index (χ1v) is 7.24. The molecule has 2 atom stereocenters. The van der Waals surface area contributed by atoms with E-state index in [1.54, 1.807) is 6.07 Å². The van der Waals surface area contributed by atoms with Crippen molar-refractivity contribution in [3.05, 3.63) is 36.0 Å². The van der Waals surface area contributed by atoms with E-state index in [0.29, 0.717) is 0 Å². The summed E-state index contributed by atoms with van der Waals surface area (Å²) in [5, 5.41) is 10.3. The summed E-state index contributed by atoms with van der Waals surface area (Å²) in [5.74, 6) is -0.988. The minimum absolute atomic E-state index is 0.0996. The van der Waals surface area contributed by atoms with E-state index in [0.717, 1.165) is 42.5 Å². The van der Waals surface area contributed by atoms with Gasteiger partial charge < -0.3 is 14.7 Å². The van der Waals surface area contributed by atoms with Crippen molar-refractivity contribution in [3.63, 3.8) is 0 Å². The molecule has 0 spiro atoms. The summed E-state index contributed by atoms with van der Waals surface area (Å²) < 4.78 is 5.87. The molecular weight excluding hydrogens is 268 g/mol. The Morgan fingerprint density at radius 2 is 1.95 bits per heavy atom. The molecule has 5 heteroatoms. The van der Waals surface area contributed by atoms with Crippen LogP contribution in [-0.2, 0) is 4.74 Å². The first-order valence-electron chi connectivity index (χ1n) is 7.24. The van der Waals surface area contributed by atoms with Crippen LogP contribution in [0.15, 0.2) is 30.3 Å². The minimum Gasteiger partial charge on any atom is -0.477 e. The lowest BCUT2D eigenvalue weighted by atomic mass is 10.1. The van der Waals surface area contributed by atoms with Crippen LogP contribution in [0.5, 0.6) is 0 Å². The van der Waals surface area contributed by atoms with Gasteiger partial charge in [-0.2, -0.15) is 0 Å². The summed E-state index contributed by atoms with van der Waals surface area (Å²) in [6, 6.07) is 9.40. The van der Waals surface area contributed by atoms with Crippen LogP contribution in [0.2, 0.25) is 0 Å². The normalized spacial score (nSPS) is 24.5. The Kier molecular flexibility index (Phi) is 2.82. The average Bonchev–Trinajstić information content (AvgIpc) is 2.84. The topological polar surface area (TPSA) is 62.7 Å². The third-order valence-corrected chi connectivity index (χ3v) is 4.30. The second-order valence-electron chi connectivity index (χ2n) is 5.71. The quantitative estimate of drug-likeness (QED) is 0.916. The fraction of sp³-hybridized carbons (Fsp3) is 0.375. The summed E-state index contributed by atoms with van der Waals surface area (Å²) in [7, 11) is 0. The number of ether oxygens (including phenoxy) is 1. The largest absolute Gasteiger partial charge is 0.477 e. The van der Waals surface area contributed by atoms with E-state index in [9.17, 15) is 9.90 Å². The number of morpholine rings is 1. The zero-order valence-corrected chi connectivity index (χ0v) is 11.5. The fourth-order valence-electron chi connectivity index (χ4n) is 3.34. The van der Waals surface area contributed by atoms with Crippen molar-refractivity contribution in [2.75, 3.05) is 18.0 Å². The first-order chi connectivity index (χ1) is 10.2. The van der Waals surface area contributed by atoms with Gasteiger partial charge in [0.25, 0.3) is 0 Å². The van der Waals surface area contributed by atoms with Crippen molar-refractivity contribution >= 4 is 22.6 Å². The summed E-state index contributed by atoms with van der Waals surface area (Å²) in [4.78, 5) is 17.8. The van der Waals surface area contributed by atoms with Crippen LogP contribution >= 0.6 is 0 Å². The van der Waals surface area contributed by atoms with Gasteiger partial charge in [0.15, 0.2) is 5.69 Å². The SMILES string of the molecule is O=C(O)c1cc(N2CC3CCC(C2)O3)c2ccccc2n1. The molecule has 0 radical (unpaired) electrons. The van der Waals surface area contributed by atoms with E-state index in [2.05, 4.69) is 9.88 Å². The smallest absolute Gasteiger partial charge is 0.354 e. The number of benzene rings is 1. The number of aromatic nitrogens is 1. The molecule has 1 aromatic carbocycles. The lowest BCUT2D eigenvalue weighted by Gasteiger charge is -2.34. The molecule has 2 saturated heterocycles. The van der Waals surface area contributed by atoms with Crippen LogP contribution in [0.25, 0.3) is 10.9 Å². The molecule has 4 rings (SSSR count). The maximum atomic E-state index is 11.3. The van der Waals surface area contributed by atoms with Crippen LogP contribution < -0.4 is 4.90 Å². The predicted molar refractivity (Wildman–Crippen MR) is 78.8 cm³/mol. The van der Waals surface area contributed by atoms with Crippen molar-refractivity contribution in [1.82, 2.24) is 4.98 Å². The molecule has 5 nitrogen and oxygen atoms in total. The van der Waals surface area contributed by atoms with Crippen LogP contribution in [0.4, 0.5) is 5.69 Å². The zero-order valence-electron chi connectivity index (χ0n) is 11.5. The maximum absolute atomic E-state index is 11.3. The lowest BCUT2D eigenvalue weighted by molar-refractivity contribution is 0.0306. The fourth-order valence-corrected chi connectivity index (χ4v) is 3.34. The van der Waals surface area contributed by atoms with E-state index in [-0.39, 0.29) is 17.9 Å². The Morgan fingerprint density at radius 3 is 2.67 bits per heavy atom. The van der Waals surface area contributed by atoms with Crippen molar-refractivity contribution in [2.45, 2.75) is 25.0 Å². The molecule has 2 aromatic rings. The maximum Gasteiger partial charge on any atom is 0.354 e. The number of carboxylic acid groups (broad SMARTS) is 1. The molecular formula is C16H16N2O3. The third kappa shape index (κ3) is 2.14. The highest BCUT2D eigenvalue weighted by molar-refractivity contribution is 5.97. The number of carbonyl (C=O) groups is 1. The third-order valence-electron chi connectivity index (χ3n) is 4.30. The van der Waals surface area contributed by atoms with Gasteiger partial charge in [-0.05, 0) is 25.0 Å². The molecule has 108 valence electrons. The van der Waals surface area contributed by atoms with Crippen LogP contribution in [0, 0.1) is 0 Å². The van der Waals surface area contributed by atoms with Crippen molar-refractivity contribution < 1.29 is 14.6 Å². The number of aromatic carboxylic acids is 1. The number of fused-ring (bicyclic) bond motifs is 3. The molecule has 3 heterocycles. The number of para-hydroxylation sites is 1. The van der Waals surface area contributed by atoms with Crippen LogP contribution in [0.3, 0.4) is 0 Å². The standard InChI is InChI=1S/C16H16N2O3/c19-16(20)14-7-15(12-3-1-2-4-13(12)17-14)18-8-10-5-6-11(9-18)21-10/h1-4,7,10-11H,5-6,8-9H2,(H,19,20). The molecule has 1 aromatic heterocycles. The highest BCUT2D eigenvalue weighted by Crippen LogP contribution is 2.33. The number of hydrogen-bond donors (Lipinski definition) is 1. The Labute approximate surface area is 122 Å². The molecule has 2 aliphatic heterocycles. The molecule has 1 N–H and O–H groups in total. The van der Waals surface area contributed by atoms with Crippen LogP contribution in [-0.4, -0.2) is 41.4 Å². The highest BCUT2D eigenvalue weighted by Gasteiger charge is 2.34.